The minimum atomic E-state index is -0.814. The van der Waals surface area contributed by atoms with Crippen molar-refractivity contribution in [3.63, 3.8) is 0 Å². The van der Waals surface area contributed by atoms with Gasteiger partial charge in [-0.2, -0.15) is 0 Å². The first-order chi connectivity index (χ1) is 16.7. The monoisotopic (exact) mass is 736 g/mol. The predicted octanol–water partition coefficient (Wildman–Crippen LogP) is 4.29. The van der Waals surface area contributed by atoms with Gasteiger partial charge in [0.1, 0.15) is 17.5 Å². The fourth-order valence-corrected chi connectivity index (χ4v) is 7.40. The number of nitrogens with zero attached hydrogens (tertiary/aromatic N) is 2. The fraction of sp³-hybridized carbons (Fsp3) is 0.208. The topological polar surface area (TPSA) is 79.1 Å². The number of halogens is 3. The van der Waals surface area contributed by atoms with Gasteiger partial charge in [0.2, 0.25) is 0 Å². The maximum atomic E-state index is 13.7. The zero-order valence-electron chi connectivity index (χ0n) is 19.0. The van der Waals surface area contributed by atoms with Crippen LogP contribution in [0.5, 0.6) is 11.5 Å². The van der Waals surface area contributed by atoms with E-state index >= 15 is 0 Å². The first-order valence-corrected chi connectivity index (χ1v) is 13.5. The smallest absolute Gasteiger partial charge is 0.338 e. The molecular formula is C24H19ClI2N2O5S. The van der Waals surface area contributed by atoms with E-state index in [-0.39, 0.29) is 11.1 Å². The maximum Gasteiger partial charge on any atom is 0.338 e. The van der Waals surface area contributed by atoms with Crippen molar-refractivity contribution in [1.29, 1.82) is 0 Å². The van der Waals surface area contributed by atoms with Crippen molar-refractivity contribution in [1.82, 2.24) is 4.57 Å². The molecule has 0 saturated carbocycles. The summed E-state index contributed by atoms with van der Waals surface area (Å²) in [6.45, 7) is 1.72. The Morgan fingerprint density at radius 1 is 1.14 bits per heavy atom. The molecule has 0 bridgehead atoms. The van der Waals surface area contributed by atoms with E-state index in [1.165, 1.54) is 30.1 Å². The summed E-state index contributed by atoms with van der Waals surface area (Å²) in [6, 6.07) is 8.17. The van der Waals surface area contributed by atoms with Crippen LogP contribution < -0.4 is 24.4 Å². The lowest BCUT2D eigenvalue weighted by Crippen LogP contribution is -2.40. The van der Waals surface area contributed by atoms with E-state index in [0.29, 0.717) is 31.4 Å². The summed E-state index contributed by atoms with van der Waals surface area (Å²) in [4.78, 5) is 31.6. The van der Waals surface area contributed by atoms with Crippen molar-refractivity contribution in [2.45, 2.75) is 13.0 Å². The van der Waals surface area contributed by atoms with Gasteiger partial charge in [-0.1, -0.05) is 22.9 Å². The van der Waals surface area contributed by atoms with Crippen molar-refractivity contribution in [2.75, 3.05) is 21.3 Å². The van der Waals surface area contributed by atoms with Crippen LogP contribution >= 0.6 is 68.1 Å². The van der Waals surface area contributed by atoms with Crippen molar-refractivity contribution in [3.8, 4) is 11.5 Å². The van der Waals surface area contributed by atoms with Gasteiger partial charge in [-0.3, -0.25) is 9.36 Å². The summed E-state index contributed by atoms with van der Waals surface area (Å²) in [6.07, 6.45) is 1.82. The predicted molar refractivity (Wildman–Crippen MR) is 152 cm³/mol. The number of rotatable bonds is 5. The standard InChI is InChI=1S/C24H19ClI2N2O5S/c1-11-19(23(31)34-4)20(14-10-13(25)5-6-17(14)32-2)29-22(30)18(35-24(29)28-11)9-12-7-15(26)21(33-3)16(27)8-12/h5-10,20H,1-4H3/b18-9-/t20-/m0/s1. The van der Waals surface area contributed by atoms with Gasteiger partial charge >= 0.3 is 5.97 Å². The van der Waals surface area contributed by atoms with Crippen molar-refractivity contribution < 1.29 is 19.0 Å². The summed E-state index contributed by atoms with van der Waals surface area (Å²) in [5, 5.41) is 0.448. The molecule has 0 saturated heterocycles. The van der Waals surface area contributed by atoms with Crippen LogP contribution in [0.15, 0.2) is 51.4 Å². The second kappa shape index (κ2) is 10.6. The molecule has 1 atom stereocenters. The lowest BCUT2D eigenvalue weighted by atomic mass is 9.95. The van der Waals surface area contributed by atoms with Gasteiger partial charge in [-0.15, -0.1) is 0 Å². The Kier molecular flexibility index (Phi) is 7.93. The number of ether oxygens (including phenoxy) is 3. The summed E-state index contributed by atoms with van der Waals surface area (Å²) in [5.41, 5.74) is 1.85. The van der Waals surface area contributed by atoms with Crippen molar-refractivity contribution in [2.24, 2.45) is 4.99 Å². The third kappa shape index (κ3) is 4.89. The van der Waals surface area contributed by atoms with Crippen LogP contribution in [0, 0.1) is 7.14 Å². The molecule has 182 valence electrons. The highest BCUT2D eigenvalue weighted by molar-refractivity contribution is 14.1. The van der Waals surface area contributed by atoms with Crippen LogP contribution in [0.2, 0.25) is 5.02 Å². The van der Waals surface area contributed by atoms with Crippen LogP contribution in [0.1, 0.15) is 24.1 Å². The van der Waals surface area contributed by atoms with E-state index in [1.807, 2.05) is 18.2 Å². The van der Waals surface area contributed by atoms with E-state index in [2.05, 4.69) is 50.2 Å². The first-order valence-electron chi connectivity index (χ1n) is 10.2. The molecule has 0 unspecified atom stereocenters. The van der Waals surface area contributed by atoms with Gasteiger partial charge < -0.3 is 14.2 Å². The zero-order chi connectivity index (χ0) is 25.4. The summed E-state index contributed by atoms with van der Waals surface area (Å²) in [7, 11) is 4.45. The second-order valence-electron chi connectivity index (χ2n) is 7.48. The van der Waals surface area contributed by atoms with Gasteiger partial charge in [0.05, 0.1) is 44.3 Å². The molecule has 0 N–H and O–H groups in total. The van der Waals surface area contributed by atoms with E-state index in [1.54, 1.807) is 32.2 Å². The maximum absolute atomic E-state index is 13.7. The third-order valence-corrected chi connectivity index (χ3v) is 8.26. The molecule has 1 aromatic heterocycles. The van der Waals surface area contributed by atoms with E-state index < -0.39 is 12.0 Å². The lowest BCUT2D eigenvalue weighted by Gasteiger charge is -2.25. The molecule has 4 rings (SSSR count). The number of thiazole rings is 1. The average molecular weight is 737 g/mol. The highest BCUT2D eigenvalue weighted by Crippen LogP contribution is 2.37. The van der Waals surface area contributed by atoms with Crippen molar-refractivity contribution >= 4 is 80.2 Å². The summed E-state index contributed by atoms with van der Waals surface area (Å²) < 4.78 is 19.9. The quantitative estimate of drug-likeness (QED) is 0.289. The molecule has 0 aliphatic carbocycles. The normalized spacial score (nSPS) is 15.5. The number of methoxy groups -OCH3 is 3. The Hall–Kier alpha value is -1.90. The number of carbonyl (C=O) groups is 1. The van der Waals surface area contributed by atoms with E-state index in [4.69, 9.17) is 25.8 Å². The lowest BCUT2D eigenvalue weighted by molar-refractivity contribution is -0.136. The highest BCUT2D eigenvalue weighted by atomic mass is 127. The SMILES string of the molecule is COC(=O)C1=C(C)N=c2s/c(=C\c3cc(I)c(OC)c(I)c3)c(=O)n2[C@H]1c1cc(Cl)ccc1OC. The molecule has 1 aliphatic rings. The number of hydrogen-bond acceptors (Lipinski definition) is 7. The summed E-state index contributed by atoms with van der Waals surface area (Å²) in [5.74, 6) is 0.701. The highest BCUT2D eigenvalue weighted by Gasteiger charge is 2.35. The third-order valence-electron chi connectivity index (χ3n) is 5.44. The molecule has 35 heavy (non-hydrogen) atoms. The minimum absolute atomic E-state index is 0.251. The van der Waals surface area contributed by atoms with Crippen LogP contribution in [-0.2, 0) is 9.53 Å². The largest absolute Gasteiger partial charge is 0.496 e. The molecule has 0 fully saturated rings. The molecule has 2 aromatic carbocycles. The van der Waals surface area contributed by atoms with Crippen LogP contribution in [-0.4, -0.2) is 31.9 Å². The molecule has 3 aromatic rings. The van der Waals surface area contributed by atoms with E-state index in [0.717, 1.165) is 18.5 Å². The molecular weight excluding hydrogens is 718 g/mol. The fourth-order valence-electron chi connectivity index (χ4n) is 3.91. The number of fused-ring (bicyclic) bond motifs is 1. The van der Waals surface area contributed by atoms with Gasteiger partial charge in [0, 0.05) is 10.6 Å². The Bertz CT molecular complexity index is 1540. The van der Waals surface area contributed by atoms with Crippen LogP contribution in [0.3, 0.4) is 0 Å². The molecule has 2 heterocycles. The van der Waals surface area contributed by atoms with Gasteiger partial charge in [0.25, 0.3) is 5.56 Å². The van der Waals surface area contributed by atoms with Crippen LogP contribution in [0.25, 0.3) is 6.08 Å². The van der Waals surface area contributed by atoms with Crippen molar-refractivity contribution in [3.05, 3.63) is 84.6 Å². The Labute approximate surface area is 237 Å². The molecule has 0 radical (unpaired) electrons. The minimum Gasteiger partial charge on any atom is -0.496 e. The number of aromatic nitrogens is 1. The van der Waals surface area contributed by atoms with E-state index in [9.17, 15) is 9.59 Å². The Morgan fingerprint density at radius 3 is 2.43 bits per heavy atom. The van der Waals surface area contributed by atoms with Crippen LogP contribution in [0.4, 0.5) is 0 Å². The second-order valence-corrected chi connectivity index (χ2v) is 11.2. The summed E-state index contributed by atoms with van der Waals surface area (Å²) >= 11 is 12.0. The molecule has 11 heteroatoms. The number of hydrogen-bond donors (Lipinski definition) is 0. The van der Waals surface area contributed by atoms with Gasteiger partial charge in [-0.25, -0.2) is 9.79 Å². The first kappa shape index (κ1) is 26.2. The number of esters is 1. The molecule has 0 amide bonds. The number of benzene rings is 2. The molecule has 0 spiro atoms. The van der Waals surface area contributed by atoms with Gasteiger partial charge in [-0.05, 0) is 94.1 Å². The Balaban J connectivity index is 2.01. The molecule has 7 nitrogen and oxygen atoms in total. The number of carbonyl (C=O) groups excluding carboxylic acids is 1. The average Bonchev–Trinajstić information content (AvgIpc) is 3.11. The molecule has 1 aliphatic heterocycles. The zero-order valence-corrected chi connectivity index (χ0v) is 24.9. The number of allylic oxidation sites excluding steroid dienone is 1. The Morgan fingerprint density at radius 2 is 1.83 bits per heavy atom. The van der Waals surface area contributed by atoms with Gasteiger partial charge in [0.15, 0.2) is 4.80 Å².